The van der Waals surface area contributed by atoms with Crippen molar-refractivity contribution in [3.05, 3.63) is 30.5 Å². The maximum atomic E-state index is 10.7. The monoisotopic (exact) mass is 316 g/mol. The Labute approximate surface area is 136 Å². The van der Waals surface area contributed by atoms with Crippen LogP contribution in [0.5, 0.6) is 0 Å². The Morgan fingerprint density at radius 3 is 2.83 bits per heavy atom. The van der Waals surface area contributed by atoms with E-state index in [1.807, 2.05) is 42.9 Å². The van der Waals surface area contributed by atoms with Gasteiger partial charge in [-0.05, 0) is 18.9 Å². The molecule has 124 valence electrons. The lowest BCUT2D eigenvalue weighted by Crippen LogP contribution is -2.39. The molecule has 1 aliphatic heterocycles. The van der Waals surface area contributed by atoms with Gasteiger partial charge in [0.15, 0.2) is 0 Å². The molecule has 1 fully saturated rings. The quantitative estimate of drug-likeness (QED) is 0.915. The summed E-state index contributed by atoms with van der Waals surface area (Å²) in [7, 11) is 5.85. The SMILES string of the molecule is CN(C)c1ccnc(N2CCCC(C(O)c3nccn3C)C2)n1. The fraction of sp³-hybridized carbons (Fsp3) is 0.562. The first-order chi connectivity index (χ1) is 11.1. The first kappa shape index (κ1) is 15.7. The minimum Gasteiger partial charge on any atom is -0.385 e. The van der Waals surface area contributed by atoms with Crippen LogP contribution in [0.25, 0.3) is 0 Å². The molecule has 3 heterocycles. The lowest BCUT2D eigenvalue weighted by atomic mass is 9.92. The van der Waals surface area contributed by atoms with Gasteiger partial charge in [-0.3, -0.25) is 0 Å². The van der Waals surface area contributed by atoms with Crippen LogP contribution in [0.4, 0.5) is 11.8 Å². The lowest BCUT2D eigenvalue weighted by molar-refractivity contribution is 0.0872. The Balaban J connectivity index is 1.76. The van der Waals surface area contributed by atoms with Crippen molar-refractivity contribution in [1.29, 1.82) is 0 Å². The number of nitrogens with zero attached hydrogens (tertiary/aromatic N) is 6. The first-order valence-electron chi connectivity index (χ1n) is 7.97. The van der Waals surface area contributed by atoms with E-state index >= 15 is 0 Å². The summed E-state index contributed by atoms with van der Waals surface area (Å²) in [4.78, 5) is 17.4. The molecule has 3 rings (SSSR count). The van der Waals surface area contributed by atoms with Gasteiger partial charge >= 0.3 is 0 Å². The Hall–Kier alpha value is -2.15. The third-order valence-electron chi connectivity index (χ3n) is 4.40. The van der Waals surface area contributed by atoms with Crippen molar-refractivity contribution >= 4 is 11.8 Å². The summed E-state index contributed by atoms with van der Waals surface area (Å²) in [6, 6.07) is 1.90. The van der Waals surface area contributed by atoms with Gasteiger partial charge in [0.05, 0.1) is 0 Å². The van der Waals surface area contributed by atoms with Gasteiger partial charge in [0, 0.05) is 58.7 Å². The number of aliphatic hydroxyl groups excluding tert-OH is 1. The second kappa shape index (κ2) is 6.54. The summed E-state index contributed by atoms with van der Waals surface area (Å²) < 4.78 is 1.88. The molecule has 0 aromatic carbocycles. The maximum Gasteiger partial charge on any atom is 0.227 e. The van der Waals surface area contributed by atoms with E-state index in [9.17, 15) is 5.11 Å². The predicted octanol–water partition coefficient (Wildman–Crippen LogP) is 1.23. The van der Waals surface area contributed by atoms with E-state index in [0.29, 0.717) is 0 Å². The first-order valence-corrected chi connectivity index (χ1v) is 7.97. The summed E-state index contributed by atoms with van der Waals surface area (Å²) in [6.07, 6.45) is 6.82. The van der Waals surface area contributed by atoms with Gasteiger partial charge in [-0.1, -0.05) is 0 Å². The number of hydrogen-bond acceptors (Lipinski definition) is 6. The van der Waals surface area contributed by atoms with Gasteiger partial charge in [0.2, 0.25) is 5.95 Å². The zero-order valence-corrected chi connectivity index (χ0v) is 13.9. The van der Waals surface area contributed by atoms with Crippen LogP contribution in [0, 0.1) is 5.92 Å². The average molecular weight is 316 g/mol. The number of hydrogen-bond donors (Lipinski definition) is 1. The number of piperidine rings is 1. The Kier molecular flexibility index (Phi) is 4.47. The van der Waals surface area contributed by atoms with Crippen molar-refractivity contribution in [2.45, 2.75) is 18.9 Å². The Morgan fingerprint density at radius 2 is 2.13 bits per heavy atom. The van der Waals surface area contributed by atoms with E-state index in [0.717, 1.165) is 43.5 Å². The Bertz CT molecular complexity index is 656. The standard InChI is InChI=1S/C16H24N6O/c1-20(2)13-6-7-18-16(19-13)22-9-4-5-12(11-22)14(23)15-17-8-10-21(15)3/h6-8,10,12,14,23H,4-5,9,11H2,1-3H3. The third kappa shape index (κ3) is 3.29. The molecule has 0 saturated carbocycles. The van der Waals surface area contributed by atoms with Crippen molar-refractivity contribution in [3.63, 3.8) is 0 Å². The van der Waals surface area contributed by atoms with Crippen LogP contribution in [0.2, 0.25) is 0 Å². The second-order valence-corrected chi connectivity index (χ2v) is 6.30. The molecule has 0 aliphatic carbocycles. The highest BCUT2D eigenvalue weighted by Gasteiger charge is 2.30. The summed E-state index contributed by atoms with van der Waals surface area (Å²) in [5.41, 5.74) is 0. The number of anilines is 2. The largest absolute Gasteiger partial charge is 0.385 e. The van der Waals surface area contributed by atoms with Gasteiger partial charge in [-0.2, -0.15) is 4.98 Å². The smallest absolute Gasteiger partial charge is 0.227 e. The van der Waals surface area contributed by atoms with E-state index in [-0.39, 0.29) is 5.92 Å². The molecule has 23 heavy (non-hydrogen) atoms. The predicted molar refractivity (Wildman–Crippen MR) is 89.5 cm³/mol. The molecule has 2 atom stereocenters. The molecule has 2 unspecified atom stereocenters. The van der Waals surface area contributed by atoms with Crippen LogP contribution in [0.3, 0.4) is 0 Å². The van der Waals surface area contributed by atoms with Crippen molar-refractivity contribution in [1.82, 2.24) is 19.5 Å². The molecule has 1 aliphatic rings. The van der Waals surface area contributed by atoms with Gasteiger partial charge in [0.1, 0.15) is 17.7 Å². The molecule has 1 saturated heterocycles. The van der Waals surface area contributed by atoms with Crippen molar-refractivity contribution in [3.8, 4) is 0 Å². The van der Waals surface area contributed by atoms with Gasteiger partial charge in [-0.15, -0.1) is 0 Å². The van der Waals surface area contributed by atoms with Crippen molar-refractivity contribution in [2.24, 2.45) is 13.0 Å². The molecular weight excluding hydrogens is 292 g/mol. The molecule has 0 spiro atoms. The van der Waals surface area contributed by atoms with Crippen LogP contribution < -0.4 is 9.80 Å². The van der Waals surface area contributed by atoms with Crippen LogP contribution in [-0.2, 0) is 7.05 Å². The molecular formula is C16H24N6O. The van der Waals surface area contributed by atoms with E-state index in [1.54, 1.807) is 12.4 Å². The topological polar surface area (TPSA) is 70.3 Å². The van der Waals surface area contributed by atoms with E-state index in [2.05, 4.69) is 19.9 Å². The summed E-state index contributed by atoms with van der Waals surface area (Å²) >= 11 is 0. The van der Waals surface area contributed by atoms with E-state index < -0.39 is 6.10 Å². The molecule has 0 radical (unpaired) electrons. The summed E-state index contributed by atoms with van der Waals surface area (Å²) in [5, 5.41) is 10.7. The normalized spacial score (nSPS) is 19.7. The average Bonchev–Trinajstić information content (AvgIpc) is 3.00. The number of aromatic nitrogens is 4. The molecule has 0 amide bonds. The minimum absolute atomic E-state index is 0.136. The fourth-order valence-electron chi connectivity index (χ4n) is 3.06. The highest BCUT2D eigenvalue weighted by Crippen LogP contribution is 2.30. The van der Waals surface area contributed by atoms with Crippen molar-refractivity contribution < 1.29 is 5.11 Å². The molecule has 0 bridgehead atoms. The fourth-order valence-corrected chi connectivity index (χ4v) is 3.06. The van der Waals surface area contributed by atoms with Crippen LogP contribution in [-0.4, -0.2) is 51.8 Å². The maximum absolute atomic E-state index is 10.7. The number of rotatable bonds is 4. The molecule has 7 nitrogen and oxygen atoms in total. The van der Waals surface area contributed by atoms with Crippen LogP contribution in [0.15, 0.2) is 24.7 Å². The summed E-state index contributed by atoms with van der Waals surface area (Å²) in [5.74, 6) is 2.48. The number of aryl methyl sites for hydroxylation is 1. The van der Waals surface area contributed by atoms with E-state index in [1.165, 1.54) is 0 Å². The zero-order valence-electron chi connectivity index (χ0n) is 13.9. The number of aliphatic hydroxyl groups is 1. The molecule has 1 N–H and O–H groups in total. The van der Waals surface area contributed by atoms with Crippen LogP contribution >= 0.6 is 0 Å². The third-order valence-corrected chi connectivity index (χ3v) is 4.40. The summed E-state index contributed by atoms with van der Waals surface area (Å²) in [6.45, 7) is 1.66. The van der Waals surface area contributed by atoms with E-state index in [4.69, 9.17) is 0 Å². The second-order valence-electron chi connectivity index (χ2n) is 6.30. The highest BCUT2D eigenvalue weighted by atomic mass is 16.3. The van der Waals surface area contributed by atoms with Gasteiger partial charge < -0.3 is 19.5 Å². The minimum atomic E-state index is -0.560. The molecule has 2 aromatic rings. The number of imidazole rings is 1. The van der Waals surface area contributed by atoms with Gasteiger partial charge in [-0.25, -0.2) is 9.97 Å². The van der Waals surface area contributed by atoms with Crippen LogP contribution in [0.1, 0.15) is 24.8 Å². The molecule has 7 heteroatoms. The lowest BCUT2D eigenvalue weighted by Gasteiger charge is -2.35. The van der Waals surface area contributed by atoms with Gasteiger partial charge in [0.25, 0.3) is 0 Å². The zero-order chi connectivity index (χ0) is 16.4. The molecule has 2 aromatic heterocycles. The Morgan fingerprint density at radius 1 is 1.30 bits per heavy atom. The highest BCUT2D eigenvalue weighted by molar-refractivity contribution is 5.42. The van der Waals surface area contributed by atoms with Crippen molar-refractivity contribution in [2.75, 3.05) is 37.0 Å².